The molecule has 0 fully saturated rings. The molecule has 1 N–H and O–H groups in total. The van der Waals surface area contributed by atoms with Gasteiger partial charge in [-0.2, -0.15) is 5.10 Å². The summed E-state index contributed by atoms with van der Waals surface area (Å²) in [7, 11) is 0. The van der Waals surface area contributed by atoms with Gasteiger partial charge in [-0.25, -0.2) is 5.01 Å². The molecule has 2 aliphatic rings. The van der Waals surface area contributed by atoms with Gasteiger partial charge in [0.1, 0.15) is 11.5 Å². The Morgan fingerprint density at radius 3 is 2.47 bits per heavy atom. The zero-order valence-corrected chi connectivity index (χ0v) is 18.2. The van der Waals surface area contributed by atoms with Crippen LogP contribution in [0.4, 0.5) is 0 Å². The van der Waals surface area contributed by atoms with Gasteiger partial charge in [0.25, 0.3) is 0 Å². The van der Waals surface area contributed by atoms with Crippen LogP contribution in [0.25, 0.3) is 0 Å². The quantitative estimate of drug-likeness (QED) is 0.453. The first-order valence-electron chi connectivity index (χ1n) is 9.47. The Bertz CT molecular complexity index is 1180. The minimum atomic E-state index is -0.678. The average molecular weight is 460 g/mol. The number of halogens is 3. The number of phenolic OH excluding ortho intramolecular Hbond substituents is 1. The summed E-state index contributed by atoms with van der Waals surface area (Å²) >= 11 is 19.0. The second kappa shape index (κ2) is 7.38. The predicted molar refractivity (Wildman–Crippen MR) is 120 cm³/mol. The lowest BCUT2D eigenvalue weighted by Gasteiger charge is -2.38. The third kappa shape index (κ3) is 3.29. The van der Waals surface area contributed by atoms with Crippen LogP contribution < -0.4 is 4.74 Å². The number of ether oxygens (including phenoxy) is 1. The molecule has 30 heavy (non-hydrogen) atoms. The molecule has 2 atom stereocenters. The Hall–Kier alpha value is -2.40. The van der Waals surface area contributed by atoms with Gasteiger partial charge in [-0.1, -0.05) is 64.6 Å². The van der Waals surface area contributed by atoms with Gasteiger partial charge in [-0.3, -0.25) is 0 Å². The molecular formula is C23H17Cl3N2O2. The maximum absolute atomic E-state index is 10.5. The number of hydrazone groups is 1. The van der Waals surface area contributed by atoms with E-state index in [1.54, 1.807) is 24.3 Å². The van der Waals surface area contributed by atoms with Crippen molar-refractivity contribution >= 4 is 40.5 Å². The number of phenols is 1. The van der Waals surface area contributed by atoms with E-state index < -0.39 is 6.23 Å². The van der Waals surface area contributed by atoms with E-state index in [1.807, 2.05) is 11.1 Å². The number of rotatable bonds is 2. The summed E-state index contributed by atoms with van der Waals surface area (Å²) in [6.45, 7) is 2.05. The number of hydrogen-bond acceptors (Lipinski definition) is 4. The van der Waals surface area contributed by atoms with Crippen LogP contribution in [0.15, 0.2) is 59.7 Å². The molecule has 2 aliphatic heterocycles. The molecule has 3 aromatic carbocycles. The van der Waals surface area contributed by atoms with Crippen molar-refractivity contribution in [3.8, 4) is 11.5 Å². The third-order valence-electron chi connectivity index (χ3n) is 5.45. The van der Waals surface area contributed by atoms with Crippen molar-refractivity contribution in [3.05, 3.63) is 91.9 Å². The normalized spacial score (nSPS) is 19.7. The fourth-order valence-electron chi connectivity index (χ4n) is 3.96. The first-order valence-corrected chi connectivity index (χ1v) is 10.6. The van der Waals surface area contributed by atoms with E-state index in [0.29, 0.717) is 32.8 Å². The summed E-state index contributed by atoms with van der Waals surface area (Å²) < 4.78 is 6.27. The van der Waals surface area contributed by atoms with Crippen molar-refractivity contribution in [2.45, 2.75) is 25.6 Å². The van der Waals surface area contributed by atoms with Gasteiger partial charge in [-0.15, -0.1) is 0 Å². The standard InChI is InChI=1S/C23H17Cl3N2O2/c1-12-2-4-13(5-3-12)19-11-20-16-9-15(25)10-18(26)22(16)30-23(28(20)27-19)17-8-14(24)6-7-21(17)29/h2-10,20,23,29H,11H2,1H3/t20-,23+/m1/s1. The van der Waals surface area contributed by atoms with Gasteiger partial charge in [-0.05, 0) is 42.8 Å². The number of aryl methyl sites for hydroxylation is 1. The highest BCUT2D eigenvalue weighted by Gasteiger charge is 2.43. The number of fused-ring (bicyclic) bond motifs is 3. The minimum absolute atomic E-state index is 0.0793. The Morgan fingerprint density at radius 1 is 0.967 bits per heavy atom. The lowest BCUT2D eigenvalue weighted by Crippen LogP contribution is -2.34. The fourth-order valence-corrected chi connectivity index (χ4v) is 4.70. The zero-order chi connectivity index (χ0) is 21.0. The van der Waals surface area contributed by atoms with Crippen LogP contribution in [-0.4, -0.2) is 15.8 Å². The molecule has 0 saturated carbocycles. The van der Waals surface area contributed by atoms with Crippen molar-refractivity contribution in [2.24, 2.45) is 5.10 Å². The van der Waals surface area contributed by atoms with Crippen LogP contribution in [0.3, 0.4) is 0 Å². The average Bonchev–Trinajstić information content (AvgIpc) is 3.16. The number of hydrogen-bond donors (Lipinski definition) is 1. The predicted octanol–water partition coefficient (Wildman–Crippen LogP) is 6.90. The molecule has 0 spiro atoms. The maximum Gasteiger partial charge on any atom is 0.217 e. The van der Waals surface area contributed by atoms with Crippen molar-refractivity contribution in [1.82, 2.24) is 5.01 Å². The van der Waals surface area contributed by atoms with E-state index >= 15 is 0 Å². The SMILES string of the molecule is Cc1ccc(C2=NN3[C@H](C2)c2cc(Cl)cc(Cl)c2O[C@H]3c2cc(Cl)ccc2O)cc1. The Morgan fingerprint density at radius 2 is 1.70 bits per heavy atom. The number of nitrogens with zero attached hydrogens (tertiary/aromatic N) is 2. The summed E-state index contributed by atoms with van der Waals surface area (Å²) in [6.07, 6.45) is -0.0173. The van der Waals surface area contributed by atoms with Crippen molar-refractivity contribution < 1.29 is 9.84 Å². The lowest BCUT2D eigenvalue weighted by atomic mass is 9.95. The largest absolute Gasteiger partial charge is 0.507 e. The van der Waals surface area contributed by atoms with E-state index in [2.05, 4.69) is 31.2 Å². The van der Waals surface area contributed by atoms with Gasteiger partial charge in [0.15, 0.2) is 0 Å². The second-order valence-corrected chi connectivity index (χ2v) is 8.77. The molecule has 4 nitrogen and oxygen atoms in total. The molecule has 0 amide bonds. The van der Waals surface area contributed by atoms with Crippen molar-refractivity contribution in [3.63, 3.8) is 0 Å². The van der Waals surface area contributed by atoms with Gasteiger partial charge in [0.05, 0.1) is 22.3 Å². The van der Waals surface area contributed by atoms with Crippen LogP contribution in [0.5, 0.6) is 11.5 Å². The summed E-state index contributed by atoms with van der Waals surface area (Å²) in [5.74, 6) is 0.628. The molecule has 152 valence electrons. The summed E-state index contributed by atoms with van der Waals surface area (Å²) in [4.78, 5) is 0. The molecule has 2 heterocycles. The van der Waals surface area contributed by atoms with Gasteiger partial charge in [0.2, 0.25) is 6.23 Å². The lowest BCUT2D eigenvalue weighted by molar-refractivity contribution is -0.0202. The van der Waals surface area contributed by atoms with Gasteiger partial charge < -0.3 is 9.84 Å². The fraction of sp³-hybridized carbons (Fsp3) is 0.174. The van der Waals surface area contributed by atoms with Gasteiger partial charge in [0, 0.05) is 22.0 Å². The smallest absolute Gasteiger partial charge is 0.217 e. The monoisotopic (exact) mass is 458 g/mol. The van der Waals surface area contributed by atoms with Crippen LogP contribution in [-0.2, 0) is 0 Å². The third-order valence-corrected chi connectivity index (χ3v) is 6.18. The molecule has 0 aliphatic carbocycles. The molecule has 0 saturated heterocycles. The van der Waals surface area contributed by atoms with E-state index in [4.69, 9.17) is 44.6 Å². The van der Waals surface area contributed by atoms with Gasteiger partial charge >= 0.3 is 0 Å². The topological polar surface area (TPSA) is 45.1 Å². The van der Waals surface area contributed by atoms with E-state index in [-0.39, 0.29) is 11.8 Å². The second-order valence-electron chi connectivity index (χ2n) is 7.49. The van der Waals surface area contributed by atoms with Crippen LogP contribution in [0.2, 0.25) is 15.1 Å². The molecule has 5 rings (SSSR count). The highest BCUT2D eigenvalue weighted by atomic mass is 35.5. The summed E-state index contributed by atoms with van der Waals surface area (Å²) in [6, 6.07) is 16.5. The van der Waals surface area contributed by atoms with E-state index in [1.165, 1.54) is 5.56 Å². The van der Waals surface area contributed by atoms with Crippen LogP contribution in [0, 0.1) is 6.92 Å². The molecule has 0 radical (unpaired) electrons. The maximum atomic E-state index is 10.5. The molecule has 0 aromatic heterocycles. The van der Waals surface area contributed by atoms with Crippen molar-refractivity contribution in [1.29, 1.82) is 0 Å². The van der Waals surface area contributed by atoms with Crippen LogP contribution >= 0.6 is 34.8 Å². The molecule has 0 bridgehead atoms. The highest BCUT2D eigenvalue weighted by molar-refractivity contribution is 6.35. The number of aromatic hydroxyl groups is 1. The first kappa shape index (κ1) is 19.6. The summed E-state index contributed by atoms with van der Waals surface area (Å²) in [5, 5.41) is 18.7. The molecular weight excluding hydrogens is 443 g/mol. The van der Waals surface area contributed by atoms with Crippen LogP contribution in [0.1, 0.15) is 40.9 Å². The first-order chi connectivity index (χ1) is 14.4. The van der Waals surface area contributed by atoms with E-state index in [0.717, 1.165) is 16.8 Å². The Labute approximate surface area is 189 Å². The molecule has 7 heteroatoms. The Balaban J connectivity index is 1.66. The molecule has 0 unspecified atom stereocenters. The minimum Gasteiger partial charge on any atom is -0.507 e. The highest BCUT2D eigenvalue weighted by Crippen LogP contribution is 2.51. The zero-order valence-electron chi connectivity index (χ0n) is 15.9. The van der Waals surface area contributed by atoms with Crippen molar-refractivity contribution in [2.75, 3.05) is 0 Å². The van der Waals surface area contributed by atoms with E-state index in [9.17, 15) is 5.11 Å². The Kier molecular flexibility index (Phi) is 4.81. The number of benzene rings is 3. The molecule has 3 aromatic rings. The summed E-state index contributed by atoms with van der Waals surface area (Å²) in [5.41, 5.74) is 4.55.